The molecule has 0 spiro atoms. The molecule has 0 unspecified atom stereocenters. The van der Waals surface area contributed by atoms with Gasteiger partial charge in [-0.3, -0.25) is 9.59 Å². The smallest absolute Gasteiger partial charge is 0.260 e. The molecule has 4 rings (SSSR count). The number of carbonyl (C=O) groups is 2. The summed E-state index contributed by atoms with van der Waals surface area (Å²) < 4.78 is 5.97. The Morgan fingerprint density at radius 3 is 2.77 bits per heavy atom. The van der Waals surface area contributed by atoms with E-state index in [1.165, 1.54) is 12.0 Å². The van der Waals surface area contributed by atoms with Crippen LogP contribution in [0.3, 0.4) is 0 Å². The summed E-state index contributed by atoms with van der Waals surface area (Å²) in [6, 6.07) is 14.2. The van der Waals surface area contributed by atoms with Gasteiger partial charge in [0.15, 0.2) is 6.61 Å². The molecule has 2 aromatic rings. The first-order valence-electron chi connectivity index (χ1n) is 11.5. The van der Waals surface area contributed by atoms with Crippen molar-refractivity contribution in [1.82, 2.24) is 9.80 Å². The van der Waals surface area contributed by atoms with Crippen molar-refractivity contribution < 1.29 is 14.3 Å². The SMILES string of the molecule is CC[C@H]1CCCCN1C(=O)COc1cccc2c1CCN(Cc1cccc(C)c1)C2=O. The van der Waals surface area contributed by atoms with E-state index in [4.69, 9.17) is 4.74 Å². The van der Waals surface area contributed by atoms with Crippen molar-refractivity contribution in [2.75, 3.05) is 19.7 Å². The highest BCUT2D eigenvalue weighted by Crippen LogP contribution is 2.29. The molecule has 1 fully saturated rings. The maximum atomic E-state index is 13.1. The molecule has 5 heteroatoms. The van der Waals surface area contributed by atoms with Crippen LogP contribution in [0.25, 0.3) is 0 Å². The number of likely N-dealkylation sites (tertiary alicyclic amines) is 1. The van der Waals surface area contributed by atoms with Gasteiger partial charge >= 0.3 is 0 Å². The molecule has 1 atom stereocenters. The maximum Gasteiger partial charge on any atom is 0.260 e. The lowest BCUT2D eigenvalue weighted by Crippen LogP contribution is -2.45. The molecule has 31 heavy (non-hydrogen) atoms. The topological polar surface area (TPSA) is 49.9 Å². The lowest BCUT2D eigenvalue weighted by Gasteiger charge is -2.35. The Bertz CT molecular complexity index is 955. The fourth-order valence-corrected chi connectivity index (χ4v) is 4.84. The molecule has 0 N–H and O–H groups in total. The van der Waals surface area contributed by atoms with E-state index in [0.29, 0.717) is 30.4 Å². The zero-order valence-electron chi connectivity index (χ0n) is 18.6. The van der Waals surface area contributed by atoms with Gasteiger partial charge in [0, 0.05) is 36.8 Å². The molecule has 0 saturated carbocycles. The van der Waals surface area contributed by atoms with Crippen molar-refractivity contribution in [3.8, 4) is 5.75 Å². The van der Waals surface area contributed by atoms with Gasteiger partial charge in [-0.05, 0) is 56.7 Å². The van der Waals surface area contributed by atoms with Crippen LogP contribution >= 0.6 is 0 Å². The minimum Gasteiger partial charge on any atom is -0.483 e. The van der Waals surface area contributed by atoms with Crippen molar-refractivity contribution in [2.24, 2.45) is 0 Å². The zero-order chi connectivity index (χ0) is 21.8. The van der Waals surface area contributed by atoms with Gasteiger partial charge in [-0.2, -0.15) is 0 Å². The highest BCUT2D eigenvalue weighted by atomic mass is 16.5. The monoisotopic (exact) mass is 420 g/mol. The first-order chi connectivity index (χ1) is 15.1. The average molecular weight is 421 g/mol. The predicted octanol–water partition coefficient (Wildman–Crippen LogP) is 4.36. The number of carbonyl (C=O) groups excluding carboxylic acids is 2. The largest absolute Gasteiger partial charge is 0.483 e. The second kappa shape index (κ2) is 9.54. The lowest BCUT2D eigenvalue weighted by molar-refractivity contribution is -0.137. The Morgan fingerprint density at radius 2 is 1.97 bits per heavy atom. The number of aryl methyl sites for hydroxylation is 1. The van der Waals surface area contributed by atoms with E-state index < -0.39 is 0 Å². The molecule has 5 nitrogen and oxygen atoms in total. The van der Waals surface area contributed by atoms with Crippen molar-refractivity contribution in [2.45, 2.75) is 58.5 Å². The van der Waals surface area contributed by atoms with E-state index in [0.717, 1.165) is 43.4 Å². The van der Waals surface area contributed by atoms with Gasteiger partial charge in [0.25, 0.3) is 11.8 Å². The predicted molar refractivity (Wildman–Crippen MR) is 121 cm³/mol. The summed E-state index contributed by atoms with van der Waals surface area (Å²) in [6.45, 7) is 6.32. The summed E-state index contributed by atoms with van der Waals surface area (Å²) in [4.78, 5) is 29.8. The third kappa shape index (κ3) is 4.76. The molecular weight excluding hydrogens is 388 g/mol. The number of ether oxygens (including phenoxy) is 1. The minimum atomic E-state index is 0.0293. The second-order valence-electron chi connectivity index (χ2n) is 8.68. The molecule has 2 aliphatic heterocycles. The van der Waals surface area contributed by atoms with Crippen LogP contribution in [0.5, 0.6) is 5.75 Å². The van der Waals surface area contributed by atoms with Crippen LogP contribution in [-0.4, -0.2) is 47.4 Å². The summed E-state index contributed by atoms with van der Waals surface area (Å²) >= 11 is 0. The van der Waals surface area contributed by atoms with Crippen molar-refractivity contribution in [3.63, 3.8) is 0 Å². The van der Waals surface area contributed by atoms with Crippen LogP contribution in [-0.2, 0) is 17.8 Å². The number of fused-ring (bicyclic) bond motifs is 1. The average Bonchev–Trinajstić information content (AvgIpc) is 2.79. The van der Waals surface area contributed by atoms with Gasteiger partial charge in [0.2, 0.25) is 0 Å². The molecule has 2 heterocycles. The van der Waals surface area contributed by atoms with E-state index in [1.54, 1.807) is 0 Å². The summed E-state index contributed by atoms with van der Waals surface area (Å²) in [6.07, 6.45) is 5.05. The second-order valence-corrected chi connectivity index (χ2v) is 8.68. The number of nitrogens with zero attached hydrogens (tertiary/aromatic N) is 2. The lowest BCUT2D eigenvalue weighted by atomic mass is 9.97. The van der Waals surface area contributed by atoms with Gasteiger partial charge in [-0.1, -0.05) is 42.8 Å². The zero-order valence-corrected chi connectivity index (χ0v) is 18.6. The van der Waals surface area contributed by atoms with Gasteiger partial charge in [0.1, 0.15) is 5.75 Å². The Kier molecular flexibility index (Phi) is 6.59. The summed E-state index contributed by atoms with van der Waals surface area (Å²) in [7, 11) is 0. The molecule has 164 valence electrons. The van der Waals surface area contributed by atoms with E-state index >= 15 is 0 Å². The number of hydrogen-bond donors (Lipinski definition) is 0. The quantitative estimate of drug-likeness (QED) is 0.698. The first kappa shape index (κ1) is 21.4. The molecule has 0 radical (unpaired) electrons. The van der Waals surface area contributed by atoms with Gasteiger partial charge in [-0.15, -0.1) is 0 Å². The maximum absolute atomic E-state index is 13.1. The van der Waals surface area contributed by atoms with Crippen molar-refractivity contribution >= 4 is 11.8 Å². The highest BCUT2D eigenvalue weighted by molar-refractivity contribution is 5.97. The first-order valence-corrected chi connectivity index (χ1v) is 11.5. The Balaban J connectivity index is 1.44. The van der Waals surface area contributed by atoms with Gasteiger partial charge in [-0.25, -0.2) is 0 Å². The Morgan fingerprint density at radius 1 is 1.13 bits per heavy atom. The number of hydrogen-bond acceptors (Lipinski definition) is 3. The molecule has 0 bridgehead atoms. The number of amides is 2. The summed E-state index contributed by atoms with van der Waals surface area (Å²) in [5, 5.41) is 0. The number of piperidine rings is 1. The van der Waals surface area contributed by atoms with Crippen LogP contribution in [0.4, 0.5) is 0 Å². The Labute approximate surface area is 185 Å². The van der Waals surface area contributed by atoms with Crippen molar-refractivity contribution in [1.29, 1.82) is 0 Å². The number of benzene rings is 2. The number of rotatable bonds is 6. The highest BCUT2D eigenvalue weighted by Gasteiger charge is 2.28. The van der Waals surface area contributed by atoms with Crippen LogP contribution < -0.4 is 4.74 Å². The molecule has 1 saturated heterocycles. The Hall–Kier alpha value is -2.82. The van der Waals surface area contributed by atoms with E-state index in [1.807, 2.05) is 34.1 Å². The summed E-state index contributed by atoms with van der Waals surface area (Å²) in [5.41, 5.74) is 3.95. The normalized spacial score (nSPS) is 18.6. The van der Waals surface area contributed by atoms with Gasteiger partial charge < -0.3 is 14.5 Å². The van der Waals surface area contributed by atoms with Gasteiger partial charge in [0.05, 0.1) is 0 Å². The fraction of sp³-hybridized carbons (Fsp3) is 0.462. The van der Waals surface area contributed by atoms with Crippen LogP contribution in [0, 0.1) is 6.92 Å². The standard InChI is InChI=1S/C26H32N2O3/c1-3-21-10-4-5-14-28(21)25(29)18-31-24-12-7-11-23-22(24)13-15-27(26(23)30)17-20-9-6-8-19(2)16-20/h6-9,11-12,16,21H,3-5,10,13-15,17-18H2,1-2H3/t21-/m0/s1. The van der Waals surface area contributed by atoms with Crippen LogP contribution in [0.15, 0.2) is 42.5 Å². The third-order valence-corrected chi connectivity index (χ3v) is 6.51. The summed E-state index contributed by atoms with van der Waals surface area (Å²) in [5.74, 6) is 0.744. The molecule has 2 amide bonds. The third-order valence-electron chi connectivity index (χ3n) is 6.51. The molecule has 2 aromatic carbocycles. The van der Waals surface area contributed by atoms with Crippen molar-refractivity contribution in [3.05, 3.63) is 64.7 Å². The van der Waals surface area contributed by atoms with Crippen LogP contribution in [0.1, 0.15) is 59.7 Å². The van der Waals surface area contributed by atoms with E-state index in [-0.39, 0.29) is 18.4 Å². The molecular formula is C26H32N2O3. The van der Waals surface area contributed by atoms with Crippen LogP contribution in [0.2, 0.25) is 0 Å². The molecule has 0 aliphatic carbocycles. The van der Waals surface area contributed by atoms with E-state index in [2.05, 4.69) is 32.0 Å². The molecule has 0 aromatic heterocycles. The minimum absolute atomic E-state index is 0.0293. The molecule has 2 aliphatic rings. The fourth-order valence-electron chi connectivity index (χ4n) is 4.84. The van der Waals surface area contributed by atoms with E-state index in [9.17, 15) is 9.59 Å².